The molecule has 0 aliphatic rings. The summed E-state index contributed by atoms with van der Waals surface area (Å²) in [5.74, 6) is -1.16. The van der Waals surface area contributed by atoms with Crippen LogP contribution < -0.4 is 10.5 Å². The van der Waals surface area contributed by atoms with Gasteiger partial charge in [-0.25, -0.2) is 17.5 Å². The van der Waals surface area contributed by atoms with Gasteiger partial charge in [-0.2, -0.15) is 0 Å². The van der Waals surface area contributed by atoms with Gasteiger partial charge in [0.2, 0.25) is 10.0 Å². The van der Waals surface area contributed by atoms with E-state index < -0.39 is 45.2 Å². The van der Waals surface area contributed by atoms with Crippen molar-refractivity contribution < 1.29 is 23.0 Å². The molecule has 114 valence electrons. The normalized spacial score (nSPS) is 15.1. The number of nitrogen functional groups attached to an aromatic ring is 1. The Morgan fingerprint density at radius 3 is 2.65 bits per heavy atom. The van der Waals surface area contributed by atoms with E-state index >= 15 is 0 Å². The fraction of sp³-hybridized carbons (Fsp3) is 0.400. The summed E-state index contributed by atoms with van der Waals surface area (Å²) >= 11 is 8.67. The van der Waals surface area contributed by atoms with Crippen LogP contribution in [0.25, 0.3) is 0 Å². The Morgan fingerprint density at radius 1 is 1.60 bits per heavy atom. The smallest absolute Gasteiger partial charge is 0.243 e. The maximum absolute atomic E-state index is 13.9. The van der Waals surface area contributed by atoms with Crippen molar-refractivity contribution in [1.29, 1.82) is 0 Å². The number of rotatable bonds is 5. The molecule has 0 saturated carbocycles. The predicted molar refractivity (Wildman–Crippen MR) is 76.4 cm³/mol. The molecule has 5 N–H and O–H groups in total. The molecule has 6 nitrogen and oxygen atoms in total. The highest BCUT2D eigenvalue weighted by atomic mass is 79.9. The zero-order valence-electron chi connectivity index (χ0n) is 10.3. The van der Waals surface area contributed by atoms with Crippen molar-refractivity contribution in [1.82, 2.24) is 4.72 Å². The molecular weight excluding hydrogens is 379 g/mol. The number of halogens is 3. The number of hydrogen-bond acceptors (Lipinski definition) is 5. The lowest BCUT2D eigenvalue weighted by Gasteiger charge is -2.21. The van der Waals surface area contributed by atoms with E-state index in [-0.39, 0.29) is 9.50 Å². The molecule has 1 unspecified atom stereocenters. The minimum absolute atomic E-state index is 0.0537. The van der Waals surface area contributed by atoms with Crippen molar-refractivity contribution in [2.75, 3.05) is 18.9 Å². The fourth-order valence-corrected chi connectivity index (χ4v) is 3.02. The molecule has 0 bridgehead atoms. The van der Waals surface area contributed by atoms with E-state index in [1.54, 1.807) is 0 Å². The predicted octanol–water partition coefficient (Wildman–Crippen LogP) is 0.845. The summed E-state index contributed by atoms with van der Waals surface area (Å²) in [6, 6.07) is 0.896. The summed E-state index contributed by atoms with van der Waals surface area (Å²) in [5.41, 5.74) is 3.29. The molecule has 0 radical (unpaired) electrons. The highest BCUT2D eigenvalue weighted by Crippen LogP contribution is 2.34. The van der Waals surface area contributed by atoms with Crippen molar-refractivity contribution in [2.24, 2.45) is 0 Å². The van der Waals surface area contributed by atoms with Crippen molar-refractivity contribution in [3.8, 4) is 0 Å². The Morgan fingerprint density at radius 2 is 2.15 bits per heavy atom. The summed E-state index contributed by atoms with van der Waals surface area (Å²) < 4.78 is 39.8. The minimum Gasteiger partial charge on any atom is -0.395 e. The molecule has 1 atom stereocenters. The zero-order chi connectivity index (χ0) is 15.7. The van der Waals surface area contributed by atoms with E-state index in [0.717, 1.165) is 6.07 Å². The Bertz CT molecular complexity index is 624. The van der Waals surface area contributed by atoms with Gasteiger partial charge in [0, 0.05) is 6.54 Å². The highest BCUT2D eigenvalue weighted by molar-refractivity contribution is 9.10. The van der Waals surface area contributed by atoms with Crippen LogP contribution in [-0.4, -0.2) is 37.4 Å². The summed E-state index contributed by atoms with van der Waals surface area (Å²) in [6.45, 7) is 0.0505. The molecule has 0 amide bonds. The number of sulfonamides is 1. The molecule has 0 fully saturated rings. The first-order chi connectivity index (χ1) is 9.02. The number of nitrogens with one attached hydrogen (secondary N) is 1. The zero-order valence-corrected chi connectivity index (χ0v) is 13.5. The molecule has 0 aliphatic carbocycles. The van der Waals surface area contributed by atoms with Crippen molar-refractivity contribution in [3.05, 3.63) is 21.4 Å². The lowest BCUT2D eigenvalue weighted by molar-refractivity contribution is 0.00680. The lowest BCUT2D eigenvalue weighted by Crippen LogP contribution is -2.43. The molecule has 10 heteroatoms. The number of aliphatic hydroxyl groups excluding tert-OH is 1. The Balaban J connectivity index is 3.18. The Kier molecular flexibility index (Phi) is 5.39. The SMILES string of the molecule is CC(O)(CO)CNS(=O)(=O)c1cc(Cl)c(Br)c(N)c1F. The largest absolute Gasteiger partial charge is 0.395 e. The van der Waals surface area contributed by atoms with Gasteiger partial charge in [-0.3, -0.25) is 0 Å². The van der Waals surface area contributed by atoms with Gasteiger partial charge in [-0.05, 0) is 28.9 Å². The minimum atomic E-state index is -4.28. The van der Waals surface area contributed by atoms with E-state index in [0.29, 0.717) is 0 Å². The number of nitrogens with two attached hydrogens (primary N) is 1. The standard InChI is InChI=1S/C10H13BrClFN2O4S/c1-10(17,4-16)3-15-20(18,19)6-2-5(12)7(11)9(14)8(6)13/h2,15-17H,3-4,14H2,1H3. The van der Waals surface area contributed by atoms with Crippen molar-refractivity contribution in [2.45, 2.75) is 17.4 Å². The van der Waals surface area contributed by atoms with Gasteiger partial charge in [-0.1, -0.05) is 11.6 Å². The van der Waals surface area contributed by atoms with Gasteiger partial charge in [0.05, 0.1) is 27.4 Å². The third-order valence-corrected chi connectivity index (χ3v) is 5.21. The van der Waals surface area contributed by atoms with Gasteiger partial charge in [-0.15, -0.1) is 0 Å². The molecular formula is C10H13BrClFN2O4S. The van der Waals surface area contributed by atoms with Gasteiger partial charge >= 0.3 is 0 Å². The second-order valence-corrected chi connectivity index (χ2v) is 7.31. The van der Waals surface area contributed by atoms with E-state index in [2.05, 4.69) is 15.9 Å². The van der Waals surface area contributed by atoms with Gasteiger partial charge in [0.15, 0.2) is 5.82 Å². The monoisotopic (exact) mass is 390 g/mol. The Hall–Kier alpha value is -0.450. The molecule has 0 aromatic heterocycles. The van der Waals surface area contributed by atoms with Crippen LogP contribution in [-0.2, 0) is 10.0 Å². The first kappa shape index (κ1) is 17.6. The summed E-state index contributed by atoms with van der Waals surface area (Å²) in [4.78, 5) is -0.739. The van der Waals surface area contributed by atoms with Crippen LogP contribution >= 0.6 is 27.5 Å². The van der Waals surface area contributed by atoms with Crippen LogP contribution in [0.1, 0.15) is 6.92 Å². The quantitative estimate of drug-likeness (QED) is 0.439. The first-order valence-electron chi connectivity index (χ1n) is 5.28. The third kappa shape index (κ3) is 3.80. The molecule has 0 saturated heterocycles. The average molecular weight is 392 g/mol. The van der Waals surface area contributed by atoms with Crippen molar-refractivity contribution in [3.63, 3.8) is 0 Å². The molecule has 20 heavy (non-hydrogen) atoms. The Labute approximate surface area is 128 Å². The summed E-state index contributed by atoms with van der Waals surface area (Å²) in [6.07, 6.45) is 0. The number of anilines is 1. The first-order valence-corrected chi connectivity index (χ1v) is 7.93. The molecule has 1 aromatic carbocycles. The maximum Gasteiger partial charge on any atom is 0.243 e. The van der Waals surface area contributed by atoms with Gasteiger partial charge in [0.25, 0.3) is 0 Å². The van der Waals surface area contributed by atoms with Crippen molar-refractivity contribution >= 4 is 43.2 Å². The van der Waals surface area contributed by atoms with Crippen LogP contribution in [0.4, 0.5) is 10.1 Å². The number of aliphatic hydroxyl groups is 2. The lowest BCUT2D eigenvalue weighted by atomic mass is 10.1. The van der Waals surface area contributed by atoms with Crippen LogP contribution in [0.3, 0.4) is 0 Å². The maximum atomic E-state index is 13.9. The molecule has 0 heterocycles. The molecule has 1 aromatic rings. The summed E-state index contributed by atoms with van der Waals surface area (Å²) in [5, 5.41) is 18.3. The molecule has 1 rings (SSSR count). The van der Waals surface area contributed by atoms with Crippen LogP contribution in [0.2, 0.25) is 5.02 Å². The van der Waals surface area contributed by atoms with E-state index in [1.165, 1.54) is 6.92 Å². The van der Waals surface area contributed by atoms with E-state index in [4.69, 9.17) is 22.4 Å². The van der Waals surface area contributed by atoms with Crippen LogP contribution in [0, 0.1) is 5.82 Å². The topological polar surface area (TPSA) is 113 Å². The molecule has 0 spiro atoms. The van der Waals surface area contributed by atoms with Gasteiger partial charge < -0.3 is 15.9 Å². The number of benzene rings is 1. The molecule has 0 aliphatic heterocycles. The summed E-state index contributed by atoms with van der Waals surface area (Å²) in [7, 11) is -4.28. The second-order valence-electron chi connectivity index (χ2n) is 4.38. The van der Waals surface area contributed by atoms with E-state index in [9.17, 15) is 17.9 Å². The van der Waals surface area contributed by atoms with Crippen LogP contribution in [0.5, 0.6) is 0 Å². The fourth-order valence-electron chi connectivity index (χ4n) is 1.18. The van der Waals surface area contributed by atoms with Crippen LogP contribution in [0.15, 0.2) is 15.4 Å². The average Bonchev–Trinajstić information content (AvgIpc) is 2.38. The number of hydrogen-bond donors (Lipinski definition) is 4. The highest BCUT2D eigenvalue weighted by Gasteiger charge is 2.27. The third-order valence-electron chi connectivity index (χ3n) is 2.43. The van der Waals surface area contributed by atoms with E-state index in [1.807, 2.05) is 4.72 Å². The van der Waals surface area contributed by atoms with Gasteiger partial charge in [0.1, 0.15) is 4.90 Å². The second kappa shape index (κ2) is 6.12.